The topological polar surface area (TPSA) is 3.24 Å². The molecule has 1 rings (SSSR count). The molecular formula is C15H22ClF2N. The SMILES string of the molecule is CCC(CC)CN(CC)c1c(F)cc(CCl)cc1F. The van der Waals surface area contributed by atoms with E-state index in [2.05, 4.69) is 13.8 Å². The molecule has 1 aromatic carbocycles. The van der Waals surface area contributed by atoms with Gasteiger partial charge in [-0.3, -0.25) is 0 Å². The van der Waals surface area contributed by atoms with Crippen molar-refractivity contribution in [2.45, 2.75) is 39.5 Å². The van der Waals surface area contributed by atoms with Gasteiger partial charge in [0.25, 0.3) is 0 Å². The van der Waals surface area contributed by atoms with Crippen LogP contribution < -0.4 is 4.90 Å². The summed E-state index contributed by atoms with van der Waals surface area (Å²) in [4.78, 5) is 1.78. The quantitative estimate of drug-likeness (QED) is 0.641. The summed E-state index contributed by atoms with van der Waals surface area (Å²) in [5.74, 6) is -0.481. The summed E-state index contributed by atoms with van der Waals surface area (Å²) in [6.07, 6.45) is 2.02. The fourth-order valence-corrected chi connectivity index (χ4v) is 2.39. The normalized spacial score (nSPS) is 11.1. The molecule has 4 heteroatoms. The Morgan fingerprint density at radius 1 is 1.11 bits per heavy atom. The van der Waals surface area contributed by atoms with E-state index >= 15 is 0 Å². The molecule has 0 atom stereocenters. The second-order valence-electron chi connectivity index (χ2n) is 4.76. The van der Waals surface area contributed by atoms with Crippen molar-refractivity contribution in [3.8, 4) is 0 Å². The zero-order valence-electron chi connectivity index (χ0n) is 11.8. The summed E-state index contributed by atoms with van der Waals surface area (Å²) in [5, 5.41) is 0. The number of rotatable bonds is 7. The number of nitrogens with zero attached hydrogens (tertiary/aromatic N) is 1. The molecule has 0 amide bonds. The van der Waals surface area contributed by atoms with E-state index in [4.69, 9.17) is 11.6 Å². The molecule has 0 aromatic heterocycles. The molecule has 0 radical (unpaired) electrons. The van der Waals surface area contributed by atoms with E-state index < -0.39 is 11.6 Å². The van der Waals surface area contributed by atoms with Crippen molar-refractivity contribution >= 4 is 17.3 Å². The third-order valence-corrected chi connectivity index (χ3v) is 3.87. The van der Waals surface area contributed by atoms with Gasteiger partial charge in [-0.15, -0.1) is 11.6 Å². The molecule has 0 aliphatic carbocycles. The number of benzene rings is 1. The summed E-state index contributed by atoms with van der Waals surface area (Å²) in [7, 11) is 0. The Hall–Kier alpha value is -0.830. The minimum Gasteiger partial charge on any atom is -0.367 e. The summed E-state index contributed by atoms with van der Waals surface area (Å²) in [6, 6.07) is 2.64. The van der Waals surface area contributed by atoms with E-state index in [1.165, 1.54) is 12.1 Å². The largest absolute Gasteiger partial charge is 0.367 e. The van der Waals surface area contributed by atoms with Gasteiger partial charge in [0, 0.05) is 19.0 Å². The fourth-order valence-electron chi connectivity index (χ4n) is 2.23. The monoisotopic (exact) mass is 289 g/mol. The third-order valence-electron chi connectivity index (χ3n) is 3.56. The molecule has 0 unspecified atom stereocenters. The average Bonchev–Trinajstić information content (AvgIpc) is 2.41. The van der Waals surface area contributed by atoms with Crippen LogP contribution in [0.5, 0.6) is 0 Å². The molecule has 1 aromatic rings. The minimum absolute atomic E-state index is 0.0725. The molecule has 1 nitrogen and oxygen atoms in total. The van der Waals surface area contributed by atoms with Crippen LogP contribution in [0.25, 0.3) is 0 Å². The van der Waals surface area contributed by atoms with Gasteiger partial charge in [-0.1, -0.05) is 26.7 Å². The zero-order chi connectivity index (χ0) is 14.4. The van der Waals surface area contributed by atoms with E-state index in [-0.39, 0.29) is 11.6 Å². The molecule has 108 valence electrons. The average molecular weight is 290 g/mol. The van der Waals surface area contributed by atoms with Crippen molar-refractivity contribution < 1.29 is 8.78 Å². The summed E-state index contributed by atoms with van der Waals surface area (Å²) < 4.78 is 28.1. The van der Waals surface area contributed by atoms with Crippen molar-refractivity contribution in [2.24, 2.45) is 5.92 Å². The molecule has 0 spiro atoms. The van der Waals surface area contributed by atoms with Crippen LogP contribution in [-0.4, -0.2) is 13.1 Å². The van der Waals surface area contributed by atoms with Crippen LogP contribution in [0.15, 0.2) is 12.1 Å². The van der Waals surface area contributed by atoms with Gasteiger partial charge in [-0.2, -0.15) is 0 Å². The first-order valence-corrected chi connectivity index (χ1v) is 7.39. The van der Waals surface area contributed by atoms with Crippen molar-refractivity contribution in [1.82, 2.24) is 0 Å². The lowest BCUT2D eigenvalue weighted by molar-refractivity contribution is 0.475. The molecule has 0 heterocycles. The van der Waals surface area contributed by atoms with E-state index in [0.717, 1.165) is 12.8 Å². The number of anilines is 1. The predicted octanol–water partition coefficient (Wildman–Crippen LogP) is 4.97. The molecule has 0 saturated heterocycles. The lowest BCUT2D eigenvalue weighted by Crippen LogP contribution is -2.30. The minimum atomic E-state index is -0.525. The molecular weight excluding hydrogens is 268 g/mol. The second-order valence-corrected chi connectivity index (χ2v) is 5.03. The van der Waals surface area contributed by atoms with Crippen LogP contribution in [-0.2, 0) is 5.88 Å². The van der Waals surface area contributed by atoms with Gasteiger partial charge >= 0.3 is 0 Å². The van der Waals surface area contributed by atoms with E-state index in [1.807, 2.05) is 6.92 Å². The number of hydrogen-bond acceptors (Lipinski definition) is 1. The van der Waals surface area contributed by atoms with Gasteiger partial charge in [-0.25, -0.2) is 8.78 Å². The summed E-state index contributed by atoms with van der Waals surface area (Å²) >= 11 is 5.62. The van der Waals surface area contributed by atoms with Gasteiger partial charge in [0.1, 0.15) is 17.3 Å². The first-order chi connectivity index (χ1) is 9.07. The zero-order valence-corrected chi connectivity index (χ0v) is 12.6. The maximum Gasteiger partial charge on any atom is 0.149 e. The van der Waals surface area contributed by atoms with Crippen LogP contribution in [0.1, 0.15) is 39.2 Å². The van der Waals surface area contributed by atoms with Gasteiger partial charge in [0.15, 0.2) is 0 Å². The van der Waals surface area contributed by atoms with Gasteiger partial charge < -0.3 is 4.90 Å². The second kappa shape index (κ2) is 7.68. The van der Waals surface area contributed by atoms with Crippen LogP contribution >= 0.6 is 11.6 Å². The molecule has 0 N–H and O–H groups in total. The molecule has 0 bridgehead atoms. The molecule has 0 saturated carbocycles. The van der Waals surface area contributed by atoms with Crippen LogP contribution in [0, 0.1) is 17.6 Å². The summed E-state index contributed by atoms with van der Waals surface area (Å²) in [6.45, 7) is 7.38. The highest BCUT2D eigenvalue weighted by Gasteiger charge is 2.19. The Labute approximate surface area is 119 Å². The Morgan fingerprint density at radius 2 is 1.63 bits per heavy atom. The van der Waals surface area contributed by atoms with Crippen molar-refractivity contribution in [3.63, 3.8) is 0 Å². The highest BCUT2D eigenvalue weighted by molar-refractivity contribution is 6.17. The first kappa shape index (κ1) is 16.2. The number of alkyl halides is 1. The van der Waals surface area contributed by atoms with Crippen molar-refractivity contribution in [2.75, 3.05) is 18.0 Å². The highest BCUT2D eigenvalue weighted by atomic mass is 35.5. The third kappa shape index (κ3) is 4.07. The first-order valence-electron chi connectivity index (χ1n) is 6.86. The fraction of sp³-hybridized carbons (Fsp3) is 0.600. The standard InChI is InChI=1S/C15H22ClF2N/c1-4-11(5-2)10-19(6-3)15-13(17)7-12(9-16)8-14(15)18/h7-8,11H,4-6,9-10H2,1-3H3. The Bertz CT molecular complexity index is 382. The Kier molecular flexibility index (Phi) is 6.56. The smallest absolute Gasteiger partial charge is 0.149 e. The Morgan fingerprint density at radius 3 is 2.00 bits per heavy atom. The predicted molar refractivity (Wildman–Crippen MR) is 77.9 cm³/mol. The van der Waals surface area contributed by atoms with Crippen LogP contribution in [0.3, 0.4) is 0 Å². The number of halogens is 3. The van der Waals surface area contributed by atoms with Gasteiger partial charge in [0.05, 0.1) is 0 Å². The van der Waals surface area contributed by atoms with Crippen LogP contribution in [0.4, 0.5) is 14.5 Å². The number of hydrogen-bond donors (Lipinski definition) is 0. The molecule has 0 aliphatic heterocycles. The lowest BCUT2D eigenvalue weighted by Gasteiger charge is -2.28. The molecule has 19 heavy (non-hydrogen) atoms. The van der Waals surface area contributed by atoms with Crippen molar-refractivity contribution in [1.29, 1.82) is 0 Å². The van der Waals surface area contributed by atoms with Gasteiger partial charge in [0.2, 0.25) is 0 Å². The van der Waals surface area contributed by atoms with Crippen molar-refractivity contribution in [3.05, 3.63) is 29.3 Å². The lowest BCUT2D eigenvalue weighted by atomic mass is 10.0. The van der Waals surface area contributed by atoms with E-state index in [1.54, 1.807) is 4.90 Å². The maximum atomic E-state index is 14.1. The van der Waals surface area contributed by atoms with Gasteiger partial charge in [-0.05, 0) is 30.5 Å². The van der Waals surface area contributed by atoms with E-state index in [9.17, 15) is 8.78 Å². The molecule has 0 fully saturated rings. The highest BCUT2D eigenvalue weighted by Crippen LogP contribution is 2.27. The van der Waals surface area contributed by atoms with E-state index in [0.29, 0.717) is 24.6 Å². The van der Waals surface area contributed by atoms with Crippen LogP contribution in [0.2, 0.25) is 0 Å². The molecule has 0 aliphatic rings. The Balaban J connectivity index is 3.04. The maximum absolute atomic E-state index is 14.1. The summed E-state index contributed by atoms with van der Waals surface area (Å²) in [5.41, 5.74) is 0.544.